The summed E-state index contributed by atoms with van der Waals surface area (Å²) in [4.78, 5) is 24.3. The fourth-order valence-electron chi connectivity index (χ4n) is 9.78. The Balaban J connectivity index is 1.25. The van der Waals surface area contributed by atoms with E-state index in [1.54, 1.807) is 12.2 Å². The third-order valence-corrected chi connectivity index (χ3v) is 11.9. The van der Waals surface area contributed by atoms with Crippen molar-refractivity contribution in [2.75, 3.05) is 6.61 Å². The van der Waals surface area contributed by atoms with Gasteiger partial charge in [0.2, 0.25) is 0 Å². The van der Waals surface area contributed by atoms with Crippen molar-refractivity contribution < 1.29 is 38.7 Å². The number of rotatable bonds is 4. The Morgan fingerprint density at radius 3 is 2.56 bits per heavy atom. The Hall–Kier alpha value is -1.74. The van der Waals surface area contributed by atoms with Crippen molar-refractivity contribution in [3.63, 3.8) is 0 Å². The number of carbonyl (C=O) groups is 2. The van der Waals surface area contributed by atoms with Crippen molar-refractivity contribution in [2.24, 2.45) is 34.5 Å². The van der Waals surface area contributed by atoms with Gasteiger partial charge in [-0.25, -0.2) is 4.79 Å². The summed E-state index contributed by atoms with van der Waals surface area (Å²) in [5.74, 6) is 0.0833. The molecular weight excluding hydrogens is 500 g/mol. The summed E-state index contributed by atoms with van der Waals surface area (Å²) in [6.07, 6.45) is 10.4. The lowest BCUT2D eigenvalue weighted by Crippen LogP contribution is -2.67. The van der Waals surface area contributed by atoms with Crippen molar-refractivity contribution >= 4 is 11.9 Å². The molecule has 12 atom stereocenters. The van der Waals surface area contributed by atoms with Gasteiger partial charge in [-0.05, 0) is 99.0 Å². The normalized spacial score (nSPS) is 50.9. The molecule has 2 N–H and O–H groups in total. The fourth-order valence-corrected chi connectivity index (χ4v) is 9.78. The van der Waals surface area contributed by atoms with E-state index in [9.17, 15) is 19.8 Å². The standard InChI is InChI=1S/C31H44O8/c1-17-25(33)7-8-28(37-17)39-21-9-11-29(3)20(14-21)5-6-23-24(29)15-26(38-18(2)32)30(4)22(10-12-31(23,30)35)19-13-27(34)36-16-19/h7-8,13,17,20-26,28,33,35H,5-6,9-12,14-16H2,1-4H3/t17-,20+,21-,22+,23+,24-,25+,26+,28-,29-,30-,31-/m0/s1. The third-order valence-electron chi connectivity index (χ3n) is 11.9. The number of cyclic esters (lactones) is 1. The number of ether oxygens (including phenoxy) is 4. The molecular formula is C31H44O8. The van der Waals surface area contributed by atoms with Gasteiger partial charge in [0.25, 0.3) is 0 Å². The molecule has 8 nitrogen and oxygen atoms in total. The molecule has 0 aromatic rings. The van der Waals surface area contributed by atoms with Gasteiger partial charge in [0, 0.05) is 18.4 Å². The molecule has 8 heteroatoms. The van der Waals surface area contributed by atoms with Crippen LogP contribution in [0.2, 0.25) is 0 Å². The number of hydrogen-bond donors (Lipinski definition) is 2. The van der Waals surface area contributed by atoms with E-state index in [0.717, 1.165) is 50.5 Å². The lowest BCUT2D eigenvalue weighted by Gasteiger charge is -2.65. The Labute approximate surface area is 231 Å². The maximum Gasteiger partial charge on any atom is 0.331 e. The van der Waals surface area contributed by atoms with Crippen LogP contribution in [0.3, 0.4) is 0 Å². The molecule has 0 aromatic carbocycles. The molecule has 0 spiro atoms. The molecule has 4 aliphatic carbocycles. The summed E-state index contributed by atoms with van der Waals surface area (Å²) < 4.78 is 23.6. The van der Waals surface area contributed by atoms with Crippen molar-refractivity contribution in [1.82, 2.24) is 0 Å². The van der Waals surface area contributed by atoms with E-state index in [0.29, 0.717) is 12.3 Å². The maximum absolute atomic E-state index is 12.7. The molecule has 2 heterocycles. The van der Waals surface area contributed by atoms with Gasteiger partial charge in [-0.15, -0.1) is 0 Å². The number of hydrogen-bond acceptors (Lipinski definition) is 8. The molecule has 2 aliphatic heterocycles. The van der Waals surface area contributed by atoms with Crippen molar-refractivity contribution in [3.8, 4) is 0 Å². The third kappa shape index (κ3) is 4.23. The van der Waals surface area contributed by atoms with Crippen LogP contribution < -0.4 is 0 Å². The minimum absolute atomic E-state index is 0.00870. The summed E-state index contributed by atoms with van der Waals surface area (Å²) >= 11 is 0. The van der Waals surface area contributed by atoms with E-state index in [-0.39, 0.29) is 53.9 Å². The summed E-state index contributed by atoms with van der Waals surface area (Å²) in [6, 6.07) is 0. The molecule has 0 saturated heterocycles. The zero-order chi connectivity index (χ0) is 27.7. The number of aliphatic hydroxyl groups is 2. The highest BCUT2D eigenvalue weighted by Gasteiger charge is 2.72. The molecule has 0 aromatic heterocycles. The van der Waals surface area contributed by atoms with Gasteiger partial charge in [0.15, 0.2) is 6.29 Å². The maximum atomic E-state index is 12.7. The first-order chi connectivity index (χ1) is 18.5. The Kier molecular flexibility index (Phi) is 6.81. The van der Waals surface area contributed by atoms with Crippen molar-refractivity contribution in [2.45, 2.75) is 115 Å². The van der Waals surface area contributed by atoms with Crippen molar-refractivity contribution in [1.29, 1.82) is 0 Å². The van der Waals surface area contributed by atoms with E-state index in [4.69, 9.17) is 18.9 Å². The molecule has 39 heavy (non-hydrogen) atoms. The first-order valence-electron chi connectivity index (χ1n) is 14.9. The smallest absolute Gasteiger partial charge is 0.331 e. The van der Waals surface area contributed by atoms with Gasteiger partial charge >= 0.3 is 11.9 Å². The van der Waals surface area contributed by atoms with Crippen LogP contribution in [0.25, 0.3) is 0 Å². The molecule has 4 saturated carbocycles. The monoisotopic (exact) mass is 544 g/mol. The largest absolute Gasteiger partial charge is 0.462 e. The van der Waals surface area contributed by atoms with Crippen molar-refractivity contribution in [3.05, 3.63) is 23.8 Å². The first-order valence-corrected chi connectivity index (χ1v) is 14.9. The summed E-state index contributed by atoms with van der Waals surface area (Å²) in [5, 5.41) is 22.6. The van der Waals surface area contributed by atoms with Gasteiger partial charge in [0.1, 0.15) is 12.7 Å². The van der Waals surface area contributed by atoms with Crippen LogP contribution in [0.4, 0.5) is 0 Å². The second kappa shape index (κ2) is 9.68. The van der Waals surface area contributed by atoms with Gasteiger partial charge < -0.3 is 29.2 Å². The lowest BCUT2D eigenvalue weighted by atomic mass is 9.42. The topological polar surface area (TPSA) is 112 Å². The van der Waals surface area contributed by atoms with Crippen LogP contribution in [-0.2, 0) is 28.5 Å². The first kappa shape index (κ1) is 27.4. The average Bonchev–Trinajstić information content (AvgIpc) is 3.42. The summed E-state index contributed by atoms with van der Waals surface area (Å²) in [7, 11) is 0. The van der Waals surface area contributed by atoms with Crippen LogP contribution in [-0.4, -0.2) is 65.1 Å². The number of fused-ring (bicyclic) bond motifs is 5. The zero-order valence-electron chi connectivity index (χ0n) is 23.6. The molecule has 6 aliphatic rings. The van der Waals surface area contributed by atoms with Crippen LogP contribution in [0, 0.1) is 34.5 Å². The molecule has 0 radical (unpaired) electrons. The Bertz CT molecular complexity index is 1070. The average molecular weight is 545 g/mol. The van der Waals surface area contributed by atoms with Crippen LogP contribution in [0.5, 0.6) is 0 Å². The lowest BCUT2D eigenvalue weighted by molar-refractivity contribution is -0.256. The minimum Gasteiger partial charge on any atom is -0.462 e. The predicted molar refractivity (Wildman–Crippen MR) is 141 cm³/mol. The van der Waals surface area contributed by atoms with E-state index >= 15 is 0 Å². The molecule has 0 bridgehead atoms. The van der Waals surface area contributed by atoms with Gasteiger partial charge in [-0.3, -0.25) is 4.79 Å². The number of aliphatic hydroxyl groups excluding tert-OH is 1. The molecule has 4 fully saturated rings. The Morgan fingerprint density at radius 1 is 1.08 bits per heavy atom. The SMILES string of the molecule is CC(=O)O[C@@H]1C[C@H]2[C@@H](CC[C@@H]3C[C@@H](O[C@H]4C=C[C@@H](O)[C@H](C)O4)CC[C@@]32C)[C@@]2(O)CC[C@H](C3=CC(=O)OC3)[C@@]12C. The number of carbonyl (C=O) groups excluding carboxylic acids is 2. The predicted octanol–water partition coefficient (Wildman–Crippen LogP) is 3.83. The van der Waals surface area contributed by atoms with Gasteiger partial charge in [0.05, 0.1) is 23.9 Å². The second-order valence-electron chi connectivity index (χ2n) is 13.6. The fraction of sp³-hybridized carbons (Fsp3) is 0.806. The molecule has 216 valence electrons. The highest BCUT2D eigenvalue weighted by Crippen LogP contribution is 2.70. The molecule has 6 rings (SSSR count). The summed E-state index contributed by atoms with van der Waals surface area (Å²) in [6.45, 7) is 8.04. The van der Waals surface area contributed by atoms with E-state index in [2.05, 4.69) is 13.8 Å². The van der Waals surface area contributed by atoms with E-state index < -0.39 is 29.5 Å². The minimum atomic E-state index is -0.980. The van der Waals surface area contributed by atoms with Gasteiger partial charge in [-0.1, -0.05) is 19.9 Å². The van der Waals surface area contributed by atoms with Crippen LogP contribution in [0.1, 0.15) is 79.1 Å². The Morgan fingerprint density at radius 2 is 1.87 bits per heavy atom. The molecule has 0 amide bonds. The highest BCUT2D eigenvalue weighted by molar-refractivity contribution is 5.85. The quantitative estimate of drug-likeness (QED) is 0.406. The van der Waals surface area contributed by atoms with Gasteiger partial charge in [-0.2, -0.15) is 0 Å². The molecule has 0 unspecified atom stereocenters. The summed E-state index contributed by atoms with van der Waals surface area (Å²) in [5.41, 5.74) is -0.719. The highest BCUT2D eigenvalue weighted by atomic mass is 16.7. The number of esters is 2. The zero-order valence-corrected chi connectivity index (χ0v) is 23.6. The van der Waals surface area contributed by atoms with Crippen LogP contribution >= 0.6 is 0 Å². The second-order valence-corrected chi connectivity index (χ2v) is 13.6. The van der Waals surface area contributed by atoms with E-state index in [1.165, 1.54) is 6.92 Å². The van der Waals surface area contributed by atoms with E-state index in [1.807, 2.05) is 13.0 Å². The van der Waals surface area contributed by atoms with Crippen LogP contribution in [0.15, 0.2) is 23.8 Å².